The molecular weight excluding hydrogens is 245 g/mol. The highest BCUT2D eigenvalue weighted by atomic mass is 35.5. The summed E-state index contributed by atoms with van der Waals surface area (Å²) >= 11 is 5.58. The average Bonchev–Trinajstić information content (AvgIpc) is 3.13. The van der Waals surface area contributed by atoms with Gasteiger partial charge in [-0.15, -0.1) is 0 Å². The number of hydrogen-bond acceptors (Lipinski definition) is 2. The zero-order chi connectivity index (χ0) is 12.4. The van der Waals surface area contributed by atoms with E-state index in [1.165, 1.54) is 12.1 Å². The summed E-state index contributed by atoms with van der Waals surface area (Å²) in [6.07, 6.45) is 1.54. The van der Waals surface area contributed by atoms with E-state index in [1.54, 1.807) is 0 Å². The fourth-order valence-electron chi connectivity index (χ4n) is 1.58. The number of carbonyl (C=O) groups excluding carboxylic acids is 1. The van der Waals surface area contributed by atoms with Crippen LogP contribution in [0, 0.1) is 11.7 Å². The van der Waals surface area contributed by atoms with E-state index in [4.69, 9.17) is 11.6 Å². The van der Waals surface area contributed by atoms with Crippen molar-refractivity contribution in [2.75, 3.05) is 6.54 Å². The molecule has 2 N–H and O–H groups in total. The van der Waals surface area contributed by atoms with Gasteiger partial charge < -0.3 is 10.4 Å². The summed E-state index contributed by atoms with van der Waals surface area (Å²) in [6.45, 7) is 0.221. The molecular formula is C12H13ClFNO2. The SMILES string of the molecule is O=C(NCC(O)C1CC1)c1ccc(F)c(Cl)c1. The molecule has 1 saturated carbocycles. The maximum Gasteiger partial charge on any atom is 0.251 e. The molecule has 0 heterocycles. The van der Waals surface area contributed by atoms with E-state index in [1.807, 2.05) is 0 Å². The summed E-state index contributed by atoms with van der Waals surface area (Å²) in [4.78, 5) is 11.7. The minimum absolute atomic E-state index is 0.0830. The Bertz CT molecular complexity index is 435. The van der Waals surface area contributed by atoms with E-state index in [0.29, 0.717) is 11.5 Å². The smallest absolute Gasteiger partial charge is 0.251 e. The summed E-state index contributed by atoms with van der Waals surface area (Å²) < 4.78 is 12.9. The van der Waals surface area contributed by atoms with Crippen LogP contribution in [0.5, 0.6) is 0 Å². The minimum atomic E-state index is -0.554. The molecule has 1 atom stereocenters. The molecule has 1 aliphatic rings. The largest absolute Gasteiger partial charge is 0.391 e. The molecule has 1 fully saturated rings. The summed E-state index contributed by atoms with van der Waals surface area (Å²) in [5.74, 6) is -0.597. The van der Waals surface area contributed by atoms with Crippen LogP contribution in [0.4, 0.5) is 4.39 Å². The quantitative estimate of drug-likeness (QED) is 0.867. The van der Waals surface area contributed by atoms with Crippen molar-refractivity contribution in [2.24, 2.45) is 5.92 Å². The Hall–Kier alpha value is -1.13. The third-order valence-corrected chi connectivity index (χ3v) is 3.11. The molecule has 1 unspecified atom stereocenters. The lowest BCUT2D eigenvalue weighted by molar-refractivity contribution is 0.0901. The Morgan fingerprint density at radius 3 is 2.88 bits per heavy atom. The maximum atomic E-state index is 12.9. The Balaban J connectivity index is 1.92. The second-order valence-electron chi connectivity index (χ2n) is 4.24. The molecule has 0 radical (unpaired) electrons. The van der Waals surface area contributed by atoms with Crippen LogP contribution in [0.1, 0.15) is 23.2 Å². The normalized spacial score (nSPS) is 16.6. The zero-order valence-corrected chi connectivity index (χ0v) is 9.88. The van der Waals surface area contributed by atoms with Crippen molar-refractivity contribution in [2.45, 2.75) is 18.9 Å². The van der Waals surface area contributed by atoms with Gasteiger partial charge in [-0.2, -0.15) is 0 Å². The molecule has 0 aromatic heterocycles. The number of benzene rings is 1. The van der Waals surface area contributed by atoms with E-state index in [0.717, 1.165) is 18.9 Å². The molecule has 2 rings (SSSR count). The van der Waals surface area contributed by atoms with Gasteiger partial charge in [0.15, 0.2) is 0 Å². The Labute approximate surface area is 104 Å². The molecule has 0 bridgehead atoms. The average molecular weight is 258 g/mol. The fourth-order valence-corrected chi connectivity index (χ4v) is 1.76. The Kier molecular flexibility index (Phi) is 3.64. The van der Waals surface area contributed by atoms with Gasteiger partial charge in [-0.25, -0.2) is 4.39 Å². The van der Waals surface area contributed by atoms with Crippen LogP contribution >= 0.6 is 11.6 Å². The van der Waals surface area contributed by atoms with Gasteiger partial charge in [-0.3, -0.25) is 4.79 Å². The molecule has 17 heavy (non-hydrogen) atoms. The van der Waals surface area contributed by atoms with E-state index in [-0.39, 0.29) is 17.5 Å². The van der Waals surface area contributed by atoms with Gasteiger partial charge in [0.05, 0.1) is 11.1 Å². The lowest BCUT2D eigenvalue weighted by Crippen LogP contribution is -2.33. The maximum absolute atomic E-state index is 12.9. The van der Waals surface area contributed by atoms with Crippen molar-refractivity contribution in [3.8, 4) is 0 Å². The molecule has 0 saturated heterocycles. The molecule has 0 aliphatic heterocycles. The van der Waals surface area contributed by atoms with Crippen molar-refractivity contribution in [1.82, 2.24) is 5.32 Å². The van der Waals surface area contributed by atoms with Crippen LogP contribution < -0.4 is 5.32 Å². The van der Waals surface area contributed by atoms with Crippen LogP contribution in [0.3, 0.4) is 0 Å². The van der Waals surface area contributed by atoms with Crippen molar-refractivity contribution in [3.63, 3.8) is 0 Å². The molecule has 1 aliphatic carbocycles. The highest BCUT2D eigenvalue weighted by Gasteiger charge is 2.29. The van der Waals surface area contributed by atoms with Gasteiger partial charge in [-0.05, 0) is 37.0 Å². The predicted molar refractivity (Wildman–Crippen MR) is 62.5 cm³/mol. The van der Waals surface area contributed by atoms with Crippen molar-refractivity contribution in [3.05, 3.63) is 34.6 Å². The van der Waals surface area contributed by atoms with E-state index >= 15 is 0 Å². The number of hydrogen-bond donors (Lipinski definition) is 2. The molecule has 1 amide bonds. The molecule has 5 heteroatoms. The van der Waals surface area contributed by atoms with E-state index < -0.39 is 11.9 Å². The molecule has 1 aromatic carbocycles. The number of nitrogens with one attached hydrogen (secondary N) is 1. The van der Waals surface area contributed by atoms with E-state index in [2.05, 4.69) is 5.32 Å². The first-order valence-electron chi connectivity index (χ1n) is 5.49. The fraction of sp³-hybridized carbons (Fsp3) is 0.417. The second kappa shape index (κ2) is 5.02. The first kappa shape index (κ1) is 12.3. The van der Waals surface area contributed by atoms with E-state index in [9.17, 15) is 14.3 Å². The number of amides is 1. The zero-order valence-electron chi connectivity index (χ0n) is 9.12. The monoisotopic (exact) mass is 257 g/mol. The van der Waals surface area contributed by atoms with Gasteiger partial charge in [0.2, 0.25) is 0 Å². The summed E-state index contributed by atoms with van der Waals surface area (Å²) in [5, 5.41) is 12.1. The number of halogens is 2. The molecule has 3 nitrogen and oxygen atoms in total. The van der Waals surface area contributed by atoms with Gasteiger partial charge in [-0.1, -0.05) is 11.6 Å². The summed E-state index contributed by atoms with van der Waals surface area (Å²) in [7, 11) is 0. The lowest BCUT2D eigenvalue weighted by Gasteiger charge is -2.10. The first-order valence-corrected chi connectivity index (χ1v) is 5.87. The van der Waals surface area contributed by atoms with Crippen LogP contribution in [0.25, 0.3) is 0 Å². The third-order valence-electron chi connectivity index (χ3n) is 2.82. The van der Waals surface area contributed by atoms with Crippen LogP contribution in [-0.4, -0.2) is 23.7 Å². The van der Waals surface area contributed by atoms with Crippen molar-refractivity contribution < 1.29 is 14.3 Å². The standard InChI is InChI=1S/C12H13ClFNO2/c13-9-5-8(3-4-10(9)14)12(17)15-6-11(16)7-1-2-7/h3-5,7,11,16H,1-2,6H2,(H,15,17). The number of rotatable bonds is 4. The van der Waals surface area contributed by atoms with Gasteiger partial charge in [0, 0.05) is 12.1 Å². The Morgan fingerprint density at radius 1 is 1.59 bits per heavy atom. The number of aliphatic hydroxyl groups is 1. The number of carbonyl (C=O) groups is 1. The second-order valence-corrected chi connectivity index (χ2v) is 4.65. The van der Waals surface area contributed by atoms with Gasteiger partial charge in [0.1, 0.15) is 5.82 Å². The lowest BCUT2D eigenvalue weighted by atomic mass is 10.2. The van der Waals surface area contributed by atoms with Crippen LogP contribution in [0.15, 0.2) is 18.2 Å². The van der Waals surface area contributed by atoms with Gasteiger partial charge >= 0.3 is 0 Å². The Morgan fingerprint density at radius 2 is 2.29 bits per heavy atom. The highest BCUT2D eigenvalue weighted by molar-refractivity contribution is 6.31. The molecule has 92 valence electrons. The highest BCUT2D eigenvalue weighted by Crippen LogP contribution is 2.32. The minimum Gasteiger partial charge on any atom is -0.391 e. The van der Waals surface area contributed by atoms with Crippen molar-refractivity contribution in [1.29, 1.82) is 0 Å². The third kappa shape index (κ3) is 3.17. The molecule has 1 aromatic rings. The first-order chi connectivity index (χ1) is 8.08. The predicted octanol–water partition coefficient (Wildman–Crippen LogP) is 1.98. The van der Waals surface area contributed by atoms with Crippen LogP contribution in [-0.2, 0) is 0 Å². The summed E-state index contributed by atoms with van der Waals surface area (Å²) in [5.41, 5.74) is 0.291. The molecule has 0 spiro atoms. The van der Waals surface area contributed by atoms with Gasteiger partial charge in [0.25, 0.3) is 5.91 Å². The number of aliphatic hydroxyl groups excluding tert-OH is 1. The summed E-state index contributed by atoms with van der Waals surface area (Å²) in [6, 6.07) is 3.78. The topological polar surface area (TPSA) is 49.3 Å². The van der Waals surface area contributed by atoms with Crippen LogP contribution in [0.2, 0.25) is 5.02 Å². The van der Waals surface area contributed by atoms with Crippen molar-refractivity contribution >= 4 is 17.5 Å².